The maximum absolute atomic E-state index is 12.8. The van der Waals surface area contributed by atoms with E-state index in [0.29, 0.717) is 11.8 Å². The van der Waals surface area contributed by atoms with Gasteiger partial charge in [-0.3, -0.25) is 4.79 Å². The molecule has 1 unspecified atom stereocenters. The van der Waals surface area contributed by atoms with Crippen LogP contribution in [0.25, 0.3) is 11.0 Å². The number of hydrogen-bond acceptors (Lipinski definition) is 2. The number of carbonyl (C=O) groups is 1. The second kappa shape index (κ2) is 5.31. The average Bonchev–Trinajstić information content (AvgIpc) is 2.84. The van der Waals surface area contributed by atoms with E-state index in [1.54, 1.807) is 0 Å². The Morgan fingerprint density at radius 1 is 1.35 bits per heavy atom. The molecule has 1 atom stereocenters. The molecule has 2 aromatic rings. The predicted molar refractivity (Wildman–Crippen MR) is 79.9 cm³/mol. The first-order valence-electron chi connectivity index (χ1n) is 7.51. The minimum absolute atomic E-state index is 0.0604. The van der Waals surface area contributed by atoms with Gasteiger partial charge in [0, 0.05) is 23.5 Å². The first kappa shape index (κ1) is 13.2. The zero-order valence-electron chi connectivity index (χ0n) is 12.2. The highest BCUT2D eigenvalue weighted by Gasteiger charge is 2.29. The molecule has 0 N–H and O–H groups in total. The van der Waals surface area contributed by atoms with E-state index in [-0.39, 0.29) is 5.91 Å². The van der Waals surface area contributed by atoms with Gasteiger partial charge in [-0.15, -0.1) is 0 Å². The van der Waals surface area contributed by atoms with Crippen LogP contribution in [-0.2, 0) is 0 Å². The summed E-state index contributed by atoms with van der Waals surface area (Å²) >= 11 is 0. The van der Waals surface area contributed by atoms with Crippen LogP contribution in [0.1, 0.15) is 48.7 Å². The number of fused-ring (bicyclic) bond motifs is 1. The molecule has 1 aromatic carbocycles. The summed E-state index contributed by atoms with van der Waals surface area (Å²) in [5.74, 6) is 0.580. The number of likely N-dealkylation sites (tertiary alicyclic amines) is 1. The fourth-order valence-corrected chi connectivity index (χ4v) is 3.20. The Morgan fingerprint density at radius 3 is 2.90 bits per heavy atom. The van der Waals surface area contributed by atoms with Gasteiger partial charge in [0.25, 0.3) is 5.91 Å². The number of piperidine rings is 1. The Labute approximate surface area is 119 Å². The smallest absolute Gasteiger partial charge is 0.290 e. The van der Waals surface area contributed by atoms with E-state index in [4.69, 9.17) is 4.42 Å². The molecule has 1 aromatic heterocycles. The SMILES string of the molecule is CCC1CCCCN1C(=O)c1oc2ccccc2c1C. The highest BCUT2D eigenvalue weighted by Crippen LogP contribution is 2.28. The summed E-state index contributed by atoms with van der Waals surface area (Å²) in [7, 11) is 0. The highest BCUT2D eigenvalue weighted by atomic mass is 16.3. The summed E-state index contributed by atoms with van der Waals surface area (Å²) in [5, 5.41) is 1.04. The fourth-order valence-electron chi connectivity index (χ4n) is 3.20. The van der Waals surface area contributed by atoms with Gasteiger partial charge in [-0.2, -0.15) is 0 Å². The number of carbonyl (C=O) groups excluding carboxylic acids is 1. The van der Waals surface area contributed by atoms with Crippen LogP contribution in [-0.4, -0.2) is 23.4 Å². The van der Waals surface area contributed by atoms with Crippen molar-refractivity contribution in [3.05, 3.63) is 35.6 Å². The number of rotatable bonds is 2. The summed E-state index contributed by atoms with van der Waals surface area (Å²) in [6.45, 7) is 4.99. The van der Waals surface area contributed by atoms with Gasteiger partial charge in [-0.1, -0.05) is 25.1 Å². The number of amides is 1. The highest BCUT2D eigenvalue weighted by molar-refractivity contribution is 5.99. The molecule has 1 aliphatic heterocycles. The van der Waals surface area contributed by atoms with Crippen molar-refractivity contribution < 1.29 is 9.21 Å². The van der Waals surface area contributed by atoms with Crippen molar-refractivity contribution in [2.24, 2.45) is 0 Å². The van der Waals surface area contributed by atoms with Gasteiger partial charge in [0.05, 0.1) is 0 Å². The molecule has 0 radical (unpaired) electrons. The van der Waals surface area contributed by atoms with Crippen LogP contribution in [0.5, 0.6) is 0 Å². The van der Waals surface area contributed by atoms with E-state index in [1.165, 1.54) is 6.42 Å². The Morgan fingerprint density at radius 2 is 2.15 bits per heavy atom. The third kappa shape index (κ3) is 2.11. The van der Waals surface area contributed by atoms with Crippen LogP contribution in [0.15, 0.2) is 28.7 Å². The van der Waals surface area contributed by atoms with Crippen molar-refractivity contribution in [2.45, 2.75) is 45.6 Å². The quantitative estimate of drug-likeness (QED) is 0.822. The molecule has 2 heterocycles. The lowest BCUT2D eigenvalue weighted by atomic mass is 9.99. The molecule has 20 heavy (non-hydrogen) atoms. The maximum atomic E-state index is 12.8. The Bertz CT molecular complexity index is 629. The van der Waals surface area contributed by atoms with Crippen LogP contribution in [0.3, 0.4) is 0 Å². The molecule has 3 nitrogen and oxygen atoms in total. The number of para-hydroxylation sites is 1. The van der Waals surface area contributed by atoms with Crippen LogP contribution in [0, 0.1) is 6.92 Å². The molecule has 0 saturated carbocycles. The second-order valence-electron chi connectivity index (χ2n) is 5.61. The zero-order valence-corrected chi connectivity index (χ0v) is 12.2. The van der Waals surface area contributed by atoms with Crippen molar-refractivity contribution in [3.8, 4) is 0 Å². The largest absolute Gasteiger partial charge is 0.451 e. The summed E-state index contributed by atoms with van der Waals surface area (Å²) < 4.78 is 5.82. The normalized spacial score (nSPS) is 19.5. The average molecular weight is 271 g/mol. The lowest BCUT2D eigenvalue weighted by molar-refractivity contribution is 0.0577. The van der Waals surface area contributed by atoms with Crippen molar-refractivity contribution in [2.75, 3.05) is 6.54 Å². The lowest BCUT2D eigenvalue weighted by Gasteiger charge is -2.34. The number of benzene rings is 1. The topological polar surface area (TPSA) is 33.5 Å². The third-order valence-electron chi connectivity index (χ3n) is 4.40. The molecule has 0 bridgehead atoms. The maximum Gasteiger partial charge on any atom is 0.290 e. The van der Waals surface area contributed by atoms with E-state index < -0.39 is 0 Å². The van der Waals surface area contributed by atoms with Crippen LogP contribution < -0.4 is 0 Å². The van der Waals surface area contributed by atoms with Crippen molar-refractivity contribution in [3.63, 3.8) is 0 Å². The minimum atomic E-state index is 0.0604. The van der Waals surface area contributed by atoms with E-state index in [9.17, 15) is 4.79 Å². The summed E-state index contributed by atoms with van der Waals surface area (Å²) in [6, 6.07) is 8.22. The second-order valence-corrected chi connectivity index (χ2v) is 5.61. The Kier molecular flexibility index (Phi) is 3.51. The fraction of sp³-hybridized carbons (Fsp3) is 0.471. The minimum Gasteiger partial charge on any atom is -0.451 e. The summed E-state index contributed by atoms with van der Waals surface area (Å²) in [5.41, 5.74) is 1.77. The van der Waals surface area contributed by atoms with E-state index in [1.807, 2.05) is 36.1 Å². The van der Waals surface area contributed by atoms with Crippen LogP contribution >= 0.6 is 0 Å². The standard InChI is InChI=1S/C17H21NO2/c1-3-13-8-6-7-11-18(13)17(19)16-12(2)14-9-4-5-10-15(14)20-16/h4-5,9-10,13H,3,6-8,11H2,1-2H3. The molecule has 3 heteroatoms. The molecule has 106 valence electrons. The van der Waals surface area contributed by atoms with Gasteiger partial charge in [0.2, 0.25) is 0 Å². The first-order valence-corrected chi connectivity index (χ1v) is 7.51. The molecule has 0 aliphatic carbocycles. The van der Waals surface area contributed by atoms with Crippen LogP contribution in [0.4, 0.5) is 0 Å². The van der Waals surface area contributed by atoms with Gasteiger partial charge >= 0.3 is 0 Å². The monoisotopic (exact) mass is 271 g/mol. The number of nitrogens with zero attached hydrogens (tertiary/aromatic N) is 1. The van der Waals surface area contributed by atoms with Gasteiger partial charge in [0.15, 0.2) is 5.76 Å². The third-order valence-corrected chi connectivity index (χ3v) is 4.40. The Hall–Kier alpha value is -1.77. The van der Waals surface area contributed by atoms with Crippen molar-refractivity contribution in [1.82, 2.24) is 4.90 Å². The molecule has 0 spiro atoms. The number of furan rings is 1. The first-order chi connectivity index (χ1) is 9.72. The van der Waals surface area contributed by atoms with Gasteiger partial charge in [0.1, 0.15) is 5.58 Å². The van der Waals surface area contributed by atoms with Gasteiger partial charge in [-0.25, -0.2) is 0 Å². The molecule has 1 saturated heterocycles. The molecule has 3 rings (SSSR count). The van der Waals surface area contributed by atoms with Crippen LogP contribution in [0.2, 0.25) is 0 Å². The van der Waals surface area contributed by atoms with E-state index in [2.05, 4.69) is 6.92 Å². The molecular weight excluding hydrogens is 250 g/mol. The van der Waals surface area contributed by atoms with Gasteiger partial charge < -0.3 is 9.32 Å². The molecule has 1 amide bonds. The zero-order chi connectivity index (χ0) is 14.1. The van der Waals surface area contributed by atoms with E-state index >= 15 is 0 Å². The van der Waals surface area contributed by atoms with Crippen molar-refractivity contribution >= 4 is 16.9 Å². The molecule has 1 fully saturated rings. The van der Waals surface area contributed by atoms with E-state index in [0.717, 1.165) is 42.3 Å². The summed E-state index contributed by atoms with van der Waals surface area (Å²) in [4.78, 5) is 14.8. The van der Waals surface area contributed by atoms with Crippen molar-refractivity contribution in [1.29, 1.82) is 0 Å². The Balaban J connectivity index is 1.97. The molecule has 1 aliphatic rings. The molecular formula is C17H21NO2. The predicted octanol–water partition coefficient (Wildman–Crippen LogP) is 4.15. The number of hydrogen-bond donors (Lipinski definition) is 0. The lowest BCUT2D eigenvalue weighted by Crippen LogP contribution is -2.43. The number of aryl methyl sites for hydroxylation is 1. The van der Waals surface area contributed by atoms with Gasteiger partial charge in [-0.05, 0) is 38.7 Å². The summed E-state index contributed by atoms with van der Waals surface area (Å²) in [6.07, 6.45) is 4.45.